The van der Waals surface area contributed by atoms with Gasteiger partial charge < -0.3 is 0 Å². The first kappa shape index (κ1) is 9.08. The normalized spacial score (nSPS) is 14.2. The zero-order valence-corrected chi connectivity index (χ0v) is 7.32. The van der Waals surface area contributed by atoms with Gasteiger partial charge in [0.1, 0.15) is 5.25 Å². The van der Waals surface area contributed by atoms with Gasteiger partial charge in [0.05, 0.1) is 5.69 Å². The second-order valence-corrected chi connectivity index (χ2v) is 4.25. The van der Waals surface area contributed by atoms with Crippen LogP contribution in [0.4, 0.5) is 0 Å². The fraction of sp³-hybridized carbons (Fsp3) is 0.333. The molecule has 5 nitrogen and oxygen atoms in total. The summed E-state index contributed by atoms with van der Waals surface area (Å²) in [6.07, 6.45) is 4.28. The predicted octanol–water partition coefficient (Wildman–Crippen LogP) is -0.174. The predicted molar refractivity (Wildman–Crippen MR) is 43.6 cm³/mol. The van der Waals surface area contributed by atoms with Crippen molar-refractivity contribution in [3.8, 4) is 0 Å². The highest BCUT2D eigenvalue weighted by atomic mass is 32.2. The highest BCUT2D eigenvalue weighted by Crippen LogP contribution is 2.14. The van der Waals surface area contributed by atoms with Gasteiger partial charge in [-0.2, -0.15) is 0 Å². The van der Waals surface area contributed by atoms with E-state index in [4.69, 9.17) is 5.14 Å². The maximum absolute atomic E-state index is 10.8. The summed E-state index contributed by atoms with van der Waals surface area (Å²) < 4.78 is 21.7. The number of hydrogen-bond donors (Lipinski definition) is 1. The molecule has 0 fully saturated rings. The quantitative estimate of drug-likeness (QED) is 0.696. The molecule has 12 heavy (non-hydrogen) atoms. The lowest BCUT2D eigenvalue weighted by molar-refractivity contribution is 0.586. The van der Waals surface area contributed by atoms with Gasteiger partial charge in [-0.3, -0.25) is 9.97 Å². The van der Waals surface area contributed by atoms with E-state index in [9.17, 15) is 8.42 Å². The molecule has 1 atom stereocenters. The molecule has 2 N–H and O–H groups in total. The van der Waals surface area contributed by atoms with E-state index in [0.29, 0.717) is 5.69 Å². The molecule has 0 bridgehead atoms. The molecule has 0 spiro atoms. The van der Waals surface area contributed by atoms with E-state index in [1.807, 2.05) is 0 Å². The maximum Gasteiger partial charge on any atom is 0.217 e. The molecule has 0 aliphatic rings. The van der Waals surface area contributed by atoms with Crippen LogP contribution in [0.2, 0.25) is 0 Å². The number of nitrogens with zero attached hydrogens (tertiary/aromatic N) is 2. The summed E-state index contributed by atoms with van der Waals surface area (Å²) in [5.74, 6) is 0. The van der Waals surface area contributed by atoms with Crippen LogP contribution in [-0.4, -0.2) is 18.4 Å². The Bertz CT molecular complexity index is 348. The number of hydrogen-bond acceptors (Lipinski definition) is 4. The van der Waals surface area contributed by atoms with Gasteiger partial charge in [-0.15, -0.1) is 0 Å². The molecule has 0 saturated heterocycles. The molecule has 6 heteroatoms. The van der Waals surface area contributed by atoms with E-state index in [1.165, 1.54) is 25.5 Å². The Kier molecular flexibility index (Phi) is 2.39. The van der Waals surface area contributed by atoms with Crippen LogP contribution in [0.1, 0.15) is 17.9 Å². The molecule has 0 radical (unpaired) electrons. The molecule has 1 heterocycles. The van der Waals surface area contributed by atoms with Crippen molar-refractivity contribution >= 4 is 10.0 Å². The molecule has 0 aliphatic carbocycles. The Morgan fingerprint density at radius 1 is 1.50 bits per heavy atom. The third-order valence-electron chi connectivity index (χ3n) is 1.49. The minimum atomic E-state index is -3.56. The van der Waals surface area contributed by atoms with Gasteiger partial charge in [0.25, 0.3) is 0 Å². The fourth-order valence-corrected chi connectivity index (χ4v) is 1.15. The zero-order valence-electron chi connectivity index (χ0n) is 6.51. The molecule has 1 aromatic heterocycles. The lowest BCUT2D eigenvalue weighted by atomic mass is 10.3. The lowest BCUT2D eigenvalue weighted by Gasteiger charge is -2.05. The topological polar surface area (TPSA) is 85.9 Å². The third-order valence-corrected chi connectivity index (χ3v) is 2.72. The van der Waals surface area contributed by atoms with Gasteiger partial charge in [-0.25, -0.2) is 13.6 Å². The molecule has 0 saturated carbocycles. The van der Waals surface area contributed by atoms with Crippen LogP contribution in [0.3, 0.4) is 0 Å². The minimum absolute atomic E-state index is 0.361. The SMILES string of the molecule is C[C@H](c1cnccn1)S(N)(=O)=O. The smallest absolute Gasteiger partial charge is 0.217 e. The number of sulfonamides is 1. The van der Waals surface area contributed by atoms with Crippen LogP contribution in [-0.2, 0) is 10.0 Å². The van der Waals surface area contributed by atoms with Crippen LogP contribution >= 0.6 is 0 Å². The van der Waals surface area contributed by atoms with Crippen molar-refractivity contribution in [2.45, 2.75) is 12.2 Å². The van der Waals surface area contributed by atoms with Crippen molar-refractivity contribution in [1.82, 2.24) is 9.97 Å². The number of primary sulfonamides is 1. The van der Waals surface area contributed by atoms with Crippen LogP contribution in [0.25, 0.3) is 0 Å². The first-order valence-corrected chi connectivity index (χ1v) is 4.90. The Morgan fingerprint density at radius 3 is 2.58 bits per heavy atom. The largest absolute Gasteiger partial charge is 0.261 e. The summed E-state index contributed by atoms with van der Waals surface area (Å²) in [7, 11) is -3.56. The van der Waals surface area contributed by atoms with Crippen molar-refractivity contribution in [3.05, 3.63) is 24.3 Å². The second-order valence-electron chi connectivity index (χ2n) is 2.36. The molecule has 1 aromatic rings. The Balaban J connectivity index is 3.02. The van der Waals surface area contributed by atoms with Crippen LogP contribution in [0.5, 0.6) is 0 Å². The van der Waals surface area contributed by atoms with E-state index in [0.717, 1.165) is 0 Å². The summed E-state index contributed by atoms with van der Waals surface area (Å²) >= 11 is 0. The van der Waals surface area contributed by atoms with Crippen molar-refractivity contribution < 1.29 is 8.42 Å². The van der Waals surface area contributed by atoms with Crippen molar-refractivity contribution in [3.63, 3.8) is 0 Å². The monoisotopic (exact) mass is 187 g/mol. The van der Waals surface area contributed by atoms with Gasteiger partial charge in [0.2, 0.25) is 10.0 Å². The number of nitrogens with two attached hydrogens (primary N) is 1. The van der Waals surface area contributed by atoms with E-state index < -0.39 is 15.3 Å². The van der Waals surface area contributed by atoms with Gasteiger partial charge in [-0.1, -0.05) is 0 Å². The Hall–Kier alpha value is -1.01. The summed E-state index contributed by atoms with van der Waals surface area (Å²) in [4.78, 5) is 7.56. The standard InChI is InChI=1S/C6H9N3O2S/c1-5(12(7,10)11)6-4-8-2-3-9-6/h2-5H,1H3,(H2,7,10,11)/t5-/m1/s1. The molecule has 0 aliphatic heterocycles. The van der Waals surface area contributed by atoms with Gasteiger partial charge in [0, 0.05) is 18.6 Å². The molecular weight excluding hydrogens is 178 g/mol. The summed E-state index contributed by atoms with van der Waals surface area (Å²) in [5, 5.41) is 4.12. The average Bonchev–Trinajstić information content (AvgIpc) is 2.03. The van der Waals surface area contributed by atoms with E-state index >= 15 is 0 Å². The summed E-state index contributed by atoms with van der Waals surface area (Å²) in [6, 6.07) is 0. The van der Waals surface area contributed by atoms with Crippen LogP contribution in [0, 0.1) is 0 Å². The molecule has 66 valence electrons. The van der Waals surface area contributed by atoms with Crippen molar-refractivity contribution in [1.29, 1.82) is 0 Å². The Labute approximate surface area is 70.7 Å². The van der Waals surface area contributed by atoms with Crippen LogP contribution in [0.15, 0.2) is 18.6 Å². The zero-order chi connectivity index (χ0) is 9.19. The highest BCUT2D eigenvalue weighted by Gasteiger charge is 2.18. The second kappa shape index (κ2) is 3.16. The van der Waals surface area contributed by atoms with E-state index in [2.05, 4.69) is 9.97 Å². The third kappa shape index (κ3) is 1.99. The first-order chi connectivity index (χ1) is 5.52. The molecule has 0 amide bonds. The first-order valence-electron chi connectivity index (χ1n) is 3.29. The fourth-order valence-electron chi connectivity index (χ4n) is 0.689. The van der Waals surface area contributed by atoms with Crippen LogP contribution < -0.4 is 5.14 Å². The van der Waals surface area contributed by atoms with Gasteiger partial charge in [0.15, 0.2) is 0 Å². The lowest BCUT2D eigenvalue weighted by Crippen LogP contribution is -2.20. The number of aromatic nitrogens is 2. The van der Waals surface area contributed by atoms with E-state index in [1.54, 1.807) is 0 Å². The molecule has 1 rings (SSSR count). The Morgan fingerprint density at radius 2 is 2.17 bits per heavy atom. The van der Waals surface area contributed by atoms with Gasteiger partial charge in [-0.05, 0) is 6.92 Å². The molecule has 0 unspecified atom stereocenters. The van der Waals surface area contributed by atoms with Crippen molar-refractivity contribution in [2.75, 3.05) is 0 Å². The highest BCUT2D eigenvalue weighted by molar-refractivity contribution is 7.89. The summed E-state index contributed by atoms with van der Waals surface area (Å²) in [5.41, 5.74) is 0.361. The van der Waals surface area contributed by atoms with Gasteiger partial charge >= 0.3 is 0 Å². The molecular formula is C6H9N3O2S. The maximum atomic E-state index is 10.8. The minimum Gasteiger partial charge on any atom is -0.261 e. The summed E-state index contributed by atoms with van der Waals surface area (Å²) in [6.45, 7) is 1.47. The average molecular weight is 187 g/mol. The van der Waals surface area contributed by atoms with Crippen molar-refractivity contribution in [2.24, 2.45) is 5.14 Å². The number of rotatable bonds is 2. The van der Waals surface area contributed by atoms with E-state index in [-0.39, 0.29) is 0 Å². The molecule has 0 aromatic carbocycles.